The van der Waals surface area contributed by atoms with E-state index in [9.17, 15) is 9.90 Å². The Morgan fingerprint density at radius 2 is 1.65 bits per heavy atom. The molecule has 0 aliphatic heterocycles. The minimum absolute atomic E-state index is 0.0240. The zero-order valence-electron chi connectivity index (χ0n) is 12.9. The first-order valence-corrected chi connectivity index (χ1v) is 8.39. The van der Waals surface area contributed by atoms with Crippen molar-refractivity contribution in [1.82, 2.24) is 0 Å². The topological polar surface area (TPSA) is 37.3 Å². The minimum Gasteiger partial charge on any atom is -0.481 e. The van der Waals surface area contributed by atoms with E-state index in [1.807, 2.05) is 0 Å². The second-order valence-electron chi connectivity index (χ2n) is 7.12. The van der Waals surface area contributed by atoms with Gasteiger partial charge in [0.15, 0.2) is 0 Å². The maximum Gasteiger partial charge on any atom is 0.306 e. The van der Waals surface area contributed by atoms with Gasteiger partial charge in [-0.05, 0) is 68.1 Å². The first-order valence-electron chi connectivity index (χ1n) is 8.39. The summed E-state index contributed by atoms with van der Waals surface area (Å²) in [5.74, 6) is 3.39. The molecule has 0 aromatic heterocycles. The van der Waals surface area contributed by atoms with Gasteiger partial charge in [-0.2, -0.15) is 0 Å². The van der Waals surface area contributed by atoms with Crippen molar-refractivity contribution in [1.29, 1.82) is 0 Å². The fourth-order valence-electron chi connectivity index (χ4n) is 5.38. The first-order chi connectivity index (χ1) is 9.66. The van der Waals surface area contributed by atoms with E-state index in [0.29, 0.717) is 5.92 Å². The van der Waals surface area contributed by atoms with E-state index in [-0.39, 0.29) is 5.92 Å². The number of carboxylic acids is 1. The lowest BCUT2D eigenvalue weighted by Crippen LogP contribution is -2.44. The Balaban J connectivity index is 0.000000704. The van der Waals surface area contributed by atoms with Crippen molar-refractivity contribution in [3.8, 4) is 0 Å². The van der Waals surface area contributed by atoms with Gasteiger partial charge in [-0.1, -0.05) is 19.8 Å². The van der Waals surface area contributed by atoms with E-state index in [4.69, 9.17) is 0 Å². The monoisotopic (exact) mass is 278 g/mol. The van der Waals surface area contributed by atoms with Crippen LogP contribution in [0.25, 0.3) is 0 Å². The van der Waals surface area contributed by atoms with E-state index < -0.39 is 5.97 Å². The summed E-state index contributed by atoms with van der Waals surface area (Å²) in [5, 5.41) is 9.42. The molecule has 2 nitrogen and oxygen atoms in total. The van der Waals surface area contributed by atoms with Gasteiger partial charge in [0.25, 0.3) is 0 Å². The molecular weight excluding hydrogens is 248 g/mol. The largest absolute Gasteiger partial charge is 0.481 e. The van der Waals surface area contributed by atoms with Crippen LogP contribution in [0.1, 0.15) is 58.3 Å². The van der Waals surface area contributed by atoms with Crippen LogP contribution in [0, 0.1) is 35.5 Å². The highest BCUT2D eigenvalue weighted by Crippen LogP contribution is 2.53. The van der Waals surface area contributed by atoms with Crippen LogP contribution in [0.4, 0.5) is 0 Å². The number of carbonyl (C=O) groups is 1. The van der Waals surface area contributed by atoms with Crippen molar-refractivity contribution < 1.29 is 9.90 Å². The van der Waals surface area contributed by atoms with Crippen molar-refractivity contribution in [2.45, 2.75) is 58.3 Å². The summed E-state index contributed by atoms with van der Waals surface area (Å²) in [6.07, 6.45) is 10.0. The van der Waals surface area contributed by atoms with Crippen molar-refractivity contribution in [3.05, 3.63) is 13.2 Å². The van der Waals surface area contributed by atoms with Crippen LogP contribution >= 0.6 is 0 Å². The van der Waals surface area contributed by atoms with Crippen molar-refractivity contribution in [2.75, 3.05) is 0 Å². The van der Waals surface area contributed by atoms with Crippen LogP contribution in [-0.4, -0.2) is 11.1 Å². The predicted octanol–water partition coefficient (Wildman–Crippen LogP) is 4.75. The Morgan fingerprint density at radius 1 is 0.950 bits per heavy atom. The fraction of sp³-hybridized carbons (Fsp3) is 0.833. The van der Waals surface area contributed by atoms with E-state index in [0.717, 1.165) is 36.5 Å². The normalized spacial score (nSPS) is 43.5. The number of fused-ring (bicyclic) bond motifs is 3. The highest BCUT2D eigenvalue weighted by Gasteiger charge is 2.47. The van der Waals surface area contributed by atoms with E-state index in [2.05, 4.69) is 20.1 Å². The minimum atomic E-state index is -0.521. The summed E-state index contributed by atoms with van der Waals surface area (Å²) in [4.78, 5) is 11.4. The molecule has 0 bridgehead atoms. The van der Waals surface area contributed by atoms with Gasteiger partial charge in [0.05, 0.1) is 5.92 Å². The molecule has 2 heteroatoms. The van der Waals surface area contributed by atoms with Crippen molar-refractivity contribution >= 4 is 5.97 Å². The number of carboxylic acid groups (broad SMARTS) is 1. The van der Waals surface area contributed by atoms with E-state index in [1.165, 1.54) is 38.5 Å². The average Bonchev–Trinajstić information content (AvgIpc) is 2.48. The van der Waals surface area contributed by atoms with Crippen LogP contribution in [-0.2, 0) is 4.79 Å². The Hall–Kier alpha value is -0.790. The zero-order chi connectivity index (χ0) is 14.7. The lowest BCUT2D eigenvalue weighted by atomic mass is 9.54. The molecular formula is C18H30O2. The maximum absolute atomic E-state index is 11.4. The van der Waals surface area contributed by atoms with Crippen LogP contribution in [0.15, 0.2) is 13.2 Å². The molecule has 0 radical (unpaired) electrons. The number of rotatable bonds is 1. The molecule has 0 heterocycles. The smallest absolute Gasteiger partial charge is 0.306 e. The van der Waals surface area contributed by atoms with Crippen molar-refractivity contribution in [2.24, 2.45) is 35.5 Å². The summed E-state index contributed by atoms with van der Waals surface area (Å²) in [6.45, 7) is 8.39. The van der Waals surface area contributed by atoms with Gasteiger partial charge in [0.2, 0.25) is 0 Å². The van der Waals surface area contributed by atoms with E-state index in [1.54, 1.807) is 0 Å². The molecule has 3 saturated carbocycles. The quantitative estimate of drug-likeness (QED) is 0.703. The highest BCUT2D eigenvalue weighted by molar-refractivity contribution is 5.70. The van der Waals surface area contributed by atoms with Crippen molar-refractivity contribution in [3.63, 3.8) is 0 Å². The maximum atomic E-state index is 11.4. The lowest BCUT2D eigenvalue weighted by Gasteiger charge is -2.50. The number of aliphatic carboxylic acids is 1. The fourth-order valence-corrected chi connectivity index (χ4v) is 5.38. The number of hydrogen-bond acceptors (Lipinski definition) is 1. The molecule has 6 unspecified atom stereocenters. The van der Waals surface area contributed by atoms with Gasteiger partial charge >= 0.3 is 5.97 Å². The lowest BCUT2D eigenvalue weighted by molar-refractivity contribution is -0.149. The second-order valence-corrected chi connectivity index (χ2v) is 7.12. The summed E-state index contributed by atoms with van der Waals surface area (Å²) in [7, 11) is 0. The van der Waals surface area contributed by atoms with Gasteiger partial charge in [0, 0.05) is 0 Å². The summed E-state index contributed by atoms with van der Waals surface area (Å²) >= 11 is 0. The Bertz CT molecular complexity index is 338. The molecule has 0 aromatic carbocycles. The van der Waals surface area contributed by atoms with Gasteiger partial charge in [0.1, 0.15) is 0 Å². The molecule has 0 aromatic rings. The summed E-state index contributed by atoms with van der Waals surface area (Å²) < 4.78 is 0. The second kappa shape index (κ2) is 6.78. The Labute approximate surface area is 123 Å². The third kappa shape index (κ3) is 2.94. The predicted molar refractivity (Wildman–Crippen MR) is 82.4 cm³/mol. The van der Waals surface area contributed by atoms with Gasteiger partial charge in [-0.15, -0.1) is 13.2 Å². The molecule has 20 heavy (non-hydrogen) atoms. The standard InChI is InChI=1S/C16H26O2.C2H4/c1-10-5-7-12-11(9-10)6-8-14-13(12)3-2-4-15(14)16(17)18;1-2/h10-15H,2-9H2,1H3,(H,17,18);1-2H2. The van der Waals surface area contributed by atoms with Crippen LogP contribution < -0.4 is 0 Å². The van der Waals surface area contributed by atoms with Gasteiger partial charge in [-0.25, -0.2) is 0 Å². The van der Waals surface area contributed by atoms with Gasteiger partial charge in [-0.3, -0.25) is 4.79 Å². The Morgan fingerprint density at radius 3 is 2.35 bits per heavy atom. The summed E-state index contributed by atoms with van der Waals surface area (Å²) in [5.41, 5.74) is 0. The molecule has 3 rings (SSSR count). The average molecular weight is 278 g/mol. The third-order valence-electron chi connectivity index (χ3n) is 6.16. The number of hydrogen-bond donors (Lipinski definition) is 1. The molecule has 0 spiro atoms. The molecule has 114 valence electrons. The SMILES string of the molecule is C=C.CC1CCC2C(CCC3C(C(=O)O)CCCC23)C1. The molecule has 3 aliphatic rings. The highest BCUT2D eigenvalue weighted by atomic mass is 16.4. The molecule has 3 fully saturated rings. The Kier molecular flexibility index (Phi) is 5.29. The van der Waals surface area contributed by atoms with Crippen LogP contribution in [0.3, 0.4) is 0 Å². The van der Waals surface area contributed by atoms with Crippen LogP contribution in [0.2, 0.25) is 0 Å². The molecule has 3 aliphatic carbocycles. The third-order valence-corrected chi connectivity index (χ3v) is 6.16. The van der Waals surface area contributed by atoms with Crippen LogP contribution in [0.5, 0.6) is 0 Å². The first kappa shape index (κ1) is 15.6. The molecule has 0 saturated heterocycles. The molecule has 1 N–H and O–H groups in total. The summed E-state index contributed by atoms with van der Waals surface area (Å²) in [6, 6.07) is 0. The molecule has 6 atom stereocenters. The van der Waals surface area contributed by atoms with Gasteiger partial charge < -0.3 is 5.11 Å². The zero-order valence-corrected chi connectivity index (χ0v) is 12.9. The molecule has 0 amide bonds. The van der Waals surface area contributed by atoms with E-state index >= 15 is 0 Å².